The fourth-order valence-corrected chi connectivity index (χ4v) is 3.93. The van der Waals surface area contributed by atoms with Crippen LogP contribution in [0, 0.1) is 12.8 Å². The highest BCUT2D eigenvalue weighted by Gasteiger charge is 2.43. The lowest BCUT2D eigenvalue weighted by molar-refractivity contribution is -0.0391. The number of nitrogens with zero attached hydrogens (tertiary/aromatic N) is 4. The molecular weight excluding hydrogens is 320 g/mol. The molecule has 2 fully saturated rings. The van der Waals surface area contributed by atoms with E-state index in [0.717, 1.165) is 37.9 Å². The maximum absolute atomic E-state index is 12.5. The number of hydrogen-bond donors (Lipinski definition) is 0. The molecule has 2 aromatic rings. The zero-order chi connectivity index (χ0) is 17.3. The lowest BCUT2D eigenvalue weighted by Gasteiger charge is -2.38. The molecule has 2 aliphatic heterocycles. The van der Waals surface area contributed by atoms with Crippen molar-refractivity contribution in [1.29, 1.82) is 0 Å². The van der Waals surface area contributed by atoms with Crippen LogP contribution in [0.4, 0.5) is 0 Å². The number of hydrogen-bond acceptors (Lipinski definition) is 6. The van der Waals surface area contributed by atoms with Gasteiger partial charge in [0.05, 0.1) is 12.2 Å². The second-order valence-electron chi connectivity index (χ2n) is 7.06. The highest BCUT2D eigenvalue weighted by molar-refractivity contribution is 5.92. The van der Waals surface area contributed by atoms with Gasteiger partial charge in [-0.25, -0.2) is 15.0 Å². The summed E-state index contributed by atoms with van der Waals surface area (Å²) in [6.45, 7) is 3.91. The zero-order valence-electron chi connectivity index (χ0n) is 14.4. The quantitative estimate of drug-likeness (QED) is 0.849. The monoisotopic (exact) mass is 342 g/mol. The minimum Gasteiger partial charge on any atom is -0.448 e. The first-order chi connectivity index (χ1) is 12.1. The number of rotatable bonds is 3. The number of aromatic nitrogens is 3. The first kappa shape index (κ1) is 16.2. The van der Waals surface area contributed by atoms with Gasteiger partial charge in [0.15, 0.2) is 11.6 Å². The number of ether oxygens (including phenoxy) is 1. The van der Waals surface area contributed by atoms with Gasteiger partial charge >= 0.3 is 0 Å². The number of likely N-dealkylation sites (tertiary alicyclic amines) is 1. The van der Waals surface area contributed by atoms with Crippen molar-refractivity contribution >= 4 is 5.91 Å². The van der Waals surface area contributed by atoms with Crippen molar-refractivity contribution in [2.45, 2.75) is 38.2 Å². The Balaban J connectivity index is 1.33. The second-order valence-corrected chi connectivity index (χ2v) is 7.06. The van der Waals surface area contributed by atoms with Gasteiger partial charge in [0.2, 0.25) is 0 Å². The van der Waals surface area contributed by atoms with Crippen LogP contribution in [0.3, 0.4) is 0 Å². The normalized spacial score (nSPS) is 22.4. The van der Waals surface area contributed by atoms with Gasteiger partial charge in [-0.05, 0) is 37.2 Å². The predicted molar refractivity (Wildman–Crippen MR) is 88.9 cm³/mol. The molecular formula is C18H22N4O3. The van der Waals surface area contributed by atoms with Crippen molar-refractivity contribution in [3.8, 4) is 0 Å². The van der Waals surface area contributed by atoms with Crippen LogP contribution in [-0.4, -0.2) is 51.1 Å². The molecule has 1 spiro atoms. The number of aryl methyl sites for hydroxylation is 1. The summed E-state index contributed by atoms with van der Waals surface area (Å²) in [6, 6.07) is 0. The van der Waals surface area contributed by atoms with E-state index in [9.17, 15) is 4.79 Å². The van der Waals surface area contributed by atoms with Gasteiger partial charge in [0, 0.05) is 32.4 Å². The summed E-state index contributed by atoms with van der Waals surface area (Å²) in [7, 11) is 0. The Kier molecular flexibility index (Phi) is 4.25. The lowest BCUT2D eigenvalue weighted by Crippen LogP contribution is -2.46. The van der Waals surface area contributed by atoms with E-state index in [1.165, 1.54) is 6.26 Å². The molecule has 0 radical (unpaired) electrons. The Morgan fingerprint density at radius 1 is 1.32 bits per heavy atom. The van der Waals surface area contributed by atoms with Crippen molar-refractivity contribution in [2.24, 2.45) is 5.92 Å². The summed E-state index contributed by atoms with van der Waals surface area (Å²) >= 11 is 0. The minimum absolute atomic E-state index is 0.0531. The van der Waals surface area contributed by atoms with E-state index in [1.807, 2.05) is 17.3 Å². The fourth-order valence-electron chi connectivity index (χ4n) is 3.93. The molecule has 0 aromatic carbocycles. The molecule has 0 saturated carbocycles. The topological polar surface area (TPSA) is 81.4 Å². The molecule has 2 aliphatic rings. The summed E-state index contributed by atoms with van der Waals surface area (Å²) in [4.78, 5) is 26.6. The van der Waals surface area contributed by atoms with Crippen LogP contribution in [0.1, 0.15) is 41.2 Å². The molecule has 2 saturated heterocycles. The first-order valence-corrected chi connectivity index (χ1v) is 8.73. The molecule has 7 heteroatoms. The zero-order valence-corrected chi connectivity index (χ0v) is 14.4. The highest BCUT2D eigenvalue weighted by Crippen LogP contribution is 2.39. The Morgan fingerprint density at radius 3 is 2.76 bits per heavy atom. The number of amides is 1. The van der Waals surface area contributed by atoms with Gasteiger partial charge in [0.1, 0.15) is 12.6 Å². The molecule has 4 rings (SSSR count). The third kappa shape index (κ3) is 3.42. The molecule has 0 bridgehead atoms. The van der Waals surface area contributed by atoms with Gasteiger partial charge in [-0.1, -0.05) is 0 Å². The van der Waals surface area contributed by atoms with E-state index in [1.54, 1.807) is 13.3 Å². The van der Waals surface area contributed by atoms with Crippen LogP contribution in [-0.2, 0) is 11.2 Å². The van der Waals surface area contributed by atoms with E-state index in [2.05, 4.69) is 15.0 Å². The van der Waals surface area contributed by atoms with Crippen molar-refractivity contribution in [3.05, 3.63) is 42.1 Å². The van der Waals surface area contributed by atoms with Crippen molar-refractivity contribution in [3.63, 3.8) is 0 Å². The minimum atomic E-state index is -0.0865. The third-order valence-electron chi connectivity index (χ3n) is 5.22. The standard InChI is InChI=1S/C18H22N4O3/c1-13-21-16(11-24-13)17(23)22-4-2-18(3-5-22)7-14(10-25-18)6-15-8-19-12-20-9-15/h8-9,11-12,14H,2-7,10H2,1H3/t14-/m1/s1. The van der Waals surface area contributed by atoms with E-state index >= 15 is 0 Å². The molecule has 25 heavy (non-hydrogen) atoms. The average Bonchev–Trinajstić information content (AvgIpc) is 3.23. The second kappa shape index (κ2) is 6.55. The molecule has 132 valence electrons. The van der Waals surface area contributed by atoms with Crippen LogP contribution in [0.2, 0.25) is 0 Å². The number of carbonyl (C=O) groups excluding carboxylic acids is 1. The fraction of sp³-hybridized carbons (Fsp3) is 0.556. The summed E-state index contributed by atoms with van der Waals surface area (Å²) in [6.07, 6.45) is 10.5. The Bertz CT molecular complexity index is 738. The largest absolute Gasteiger partial charge is 0.448 e. The number of oxazole rings is 1. The average molecular weight is 342 g/mol. The van der Waals surface area contributed by atoms with E-state index < -0.39 is 0 Å². The maximum Gasteiger partial charge on any atom is 0.275 e. The predicted octanol–water partition coefficient (Wildman–Crippen LogP) is 2.03. The van der Waals surface area contributed by atoms with Crippen molar-refractivity contribution in [1.82, 2.24) is 19.9 Å². The molecule has 1 amide bonds. The Labute approximate surface area is 146 Å². The van der Waals surface area contributed by atoms with E-state index in [4.69, 9.17) is 9.15 Å². The smallest absolute Gasteiger partial charge is 0.275 e. The van der Waals surface area contributed by atoms with E-state index in [-0.39, 0.29) is 11.5 Å². The van der Waals surface area contributed by atoms with Gasteiger partial charge in [-0.15, -0.1) is 0 Å². The van der Waals surface area contributed by atoms with Crippen LogP contribution < -0.4 is 0 Å². The number of piperidine rings is 1. The van der Waals surface area contributed by atoms with Crippen molar-refractivity contribution in [2.75, 3.05) is 19.7 Å². The SMILES string of the molecule is Cc1nc(C(=O)N2CCC3(CC2)C[C@@H](Cc2cncnc2)CO3)co1. The summed E-state index contributed by atoms with van der Waals surface area (Å²) in [5.74, 6) is 0.956. The summed E-state index contributed by atoms with van der Waals surface area (Å²) in [5, 5.41) is 0. The summed E-state index contributed by atoms with van der Waals surface area (Å²) < 4.78 is 11.3. The molecule has 1 atom stereocenters. The maximum atomic E-state index is 12.5. The molecule has 0 unspecified atom stereocenters. The van der Waals surface area contributed by atoms with Crippen LogP contribution in [0.15, 0.2) is 29.4 Å². The molecule has 4 heterocycles. The van der Waals surface area contributed by atoms with Gasteiger partial charge in [-0.2, -0.15) is 0 Å². The van der Waals surface area contributed by atoms with Crippen molar-refractivity contribution < 1.29 is 13.9 Å². The van der Waals surface area contributed by atoms with Gasteiger partial charge < -0.3 is 14.1 Å². The third-order valence-corrected chi connectivity index (χ3v) is 5.22. The van der Waals surface area contributed by atoms with Crippen LogP contribution in [0.5, 0.6) is 0 Å². The Morgan fingerprint density at radius 2 is 2.08 bits per heavy atom. The van der Waals surface area contributed by atoms with Gasteiger partial charge in [-0.3, -0.25) is 4.79 Å². The van der Waals surface area contributed by atoms with Crippen LogP contribution in [0.25, 0.3) is 0 Å². The number of carbonyl (C=O) groups is 1. The lowest BCUT2D eigenvalue weighted by atomic mass is 9.84. The first-order valence-electron chi connectivity index (χ1n) is 8.73. The molecule has 2 aromatic heterocycles. The molecule has 7 nitrogen and oxygen atoms in total. The summed E-state index contributed by atoms with van der Waals surface area (Å²) in [5.41, 5.74) is 1.46. The van der Waals surface area contributed by atoms with Crippen LogP contribution >= 0.6 is 0 Å². The molecule has 0 N–H and O–H groups in total. The highest BCUT2D eigenvalue weighted by atomic mass is 16.5. The molecule has 0 aliphatic carbocycles. The Hall–Kier alpha value is -2.28. The van der Waals surface area contributed by atoms with Gasteiger partial charge in [0.25, 0.3) is 5.91 Å². The van der Waals surface area contributed by atoms with E-state index in [0.29, 0.717) is 30.6 Å².